The first-order valence-corrected chi connectivity index (χ1v) is 10.2. The molecule has 1 saturated heterocycles. The van der Waals surface area contributed by atoms with Crippen LogP contribution in [0.2, 0.25) is 0 Å². The summed E-state index contributed by atoms with van der Waals surface area (Å²) in [4.78, 5) is 41.6. The van der Waals surface area contributed by atoms with E-state index >= 15 is 0 Å². The number of aryl methyl sites for hydroxylation is 2. The fourth-order valence-corrected chi connectivity index (χ4v) is 4.57. The van der Waals surface area contributed by atoms with E-state index in [0.29, 0.717) is 23.8 Å². The quantitative estimate of drug-likeness (QED) is 0.579. The van der Waals surface area contributed by atoms with Crippen LogP contribution in [0.15, 0.2) is 11.2 Å². The van der Waals surface area contributed by atoms with Crippen molar-refractivity contribution in [1.82, 2.24) is 35.3 Å². The average molecular weight is 403 g/mol. The van der Waals surface area contributed by atoms with E-state index in [2.05, 4.69) is 25.9 Å². The summed E-state index contributed by atoms with van der Waals surface area (Å²) in [5, 5.41) is 12.2. The van der Waals surface area contributed by atoms with Gasteiger partial charge in [-0.1, -0.05) is 31.0 Å². The van der Waals surface area contributed by atoms with Crippen LogP contribution in [0.25, 0.3) is 5.78 Å². The molecule has 2 aromatic rings. The van der Waals surface area contributed by atoms with Gasteiger partial charge in [0.25, 0.3) is 11.7 Å². The van der Waals surface area contributed by atoms with Gasteiger partial charge in [0, 0.05) is 11.4 Å². The number of hydrogen-bond acceptors (Lipinski definition) is 7. The van der Waals surface area contributed by atoms with Gasteiger partial charge in [0.05, 0.1) is 5.75 Å². The van der Waals surface area contributed by atoms with E-state index in [1.165, 1.54) is 11.8 Å². The van der Waals surface area contributed by atoms with Gasteiger partial charge in [-0.05, 0) is 32.8 Å². The standard InChI is InChI=1S/C17H21N7O3S/c1-10-8-11(2)23-14(18-10)20-21-16(23)28-9-12(25)22-24-13(26)17(19-15(24)27)6-4-3-5-7-17/h8H,3-7,9H2,1-2H3,(H,19,27)(H,22,25). The monoisotopic (exact) mass is 403 g/mol. The van der Waals surface area contributed by atoms with Gasteiger partial charge in [-0.2, -0.15) is 5.01 Å². The molecule has 2 N–H and O–H groups in total. The molecule has 11 heteroatoms. The number of nitrogens with one attached hydrogen (secondary N) is 2. The molecule has 0 atom stereocenters. The lowest BCUT2D eigenvalue weighted by Crippen LogP contribution is -2.51. The fraction of sp³-hybridized carbons (Fsp3) is 0.529. The van der Waals surface area contributed by atoms with Gasteiger partial charge in [-0.15, -0.1) is 10.2 Å². The SMILES string of the molecule is Cc1cc(C)n2c(SCC(=O)NN3C(=O)NC4(CCCCC4)C3=O)nnc2n1. The number of urea groups is 1. The number of hydrazine groups is 1. The molecule has 10 nitrogen and oxygen atoms in total. The molecule has 0 radical (unpaired) electrons. The van der Waals surface area contributed by atoms with Crippen LogP contribution < -0.4 is 10.7 Å². The summed E-state index contributed by atoms with van der Waals surface area (Å²) in [7, 11) is 0. The normalized spacial score (nSPS) is 18.7. The second-order valence-corrected chi connectivity index (χ2v) is 8.14. The second kappa shape index (κ2) is 7.04. The Balaban J connectivity index is 1.41. The minimum Gasteiger partial charge on any atom is -0.322 e. The van der Waals surface area contributed by atoms with Gasteiger partial charge in [0.15, 0.2) is 5.16 Å². The summed E-state index contributed by atoms with van der Waals surface area (Å²) in [5.74, 6) is -0.387. The zero-order valence-electron chi connectivity index (χ0n) is 15.7. The number of imide groups is 1. The number of hydrogen-bond donors (Lipinski definition) is 2. The predicted octanol–water partition coefficient (Wildman–Crippen LogP) is 1.12. The Bertz CT molecular complexity index is 967. The van der Waals surface area contributed by atoms with Gasteiger partial charge in [0.2, 0.25) is 5.91 Å². The fourth-order valence-electron chi connectivity index (χ4n) is 3.80. The summed E-state index contributed by atoms with van der Waals surface area (Å²) < 4.78 is 1.76. The van der Waals surface area contributed by atoms with E-state index < -0.39 is 17.5 Å². The molecule has 1 aliphatic carbocycles. The van der Waals surface area contributed by atoms with Crippen LogP contribution in [-0.2, 0) is 9.59 Å². The van der Waals surface area contributed by atoms with Crippen LogP contribution in [0.5, 0.6) is 0 Å². The van der Waals surface area contributed by atoms with Gasteiger partial charge >= 0.3 is 6.03 Å². The molecular weight excluding hydrogens is 382 g/mol. The molecule has 28 heavy (non-hydrogen) atoms. The van der Waals surface area contributed by atoms with Crippen molar-refractivity contribution in [3.63, 3.8) is 0 Å². The third-order valence-electron chi connectivity index (χ3n) is 5.10. The number of fused-ring (bicyclic) bond motifs is 1. The van der Waals surface area contributed by atoms with Crippen LogP contribution in [0.1, 0.15) is 43.5 Å². The molecule has 2 aromatic heterocycles. The highest BCUT2D eigenvalue weighted by atomic mass is 32.2. The van der Waals surface area contributed by atoms with Crippen molar-refractivity contribution in [3.05, 3.63) is 17.5 Å². The Hall–Kier alpha value is -2.69. The summed E-state index contributed by atoms with van der Waals surface area (Å²) in [6.07, 6.45) is 4.03. The van der Waals surface area contributed by atoms with E-state index in [-0.39, 0.29) is 11.7 Å². The zero-order valence-corrected chi connectivity index (χ0v) is 16.5. The van der Waals surface area contributed by atoms with Crippen molar-refractivity contribution in [1.29, 1.82) is 0 Å². The van der Waals surface area contributed by atoms with Crippen molar-refractivity contribution in [3.8, 4) is 0 Å². The second-order valence-electron chi connectivity index (χ2n) is 7.19. The number of carbonyl (C=O) groups is 3. The maximum absolute atomic E-state index is 12.7. The van der Waals surface area contributed by atoms with E-state index in [0.717, 1.165) is 35.7 Å². The van der Waals surface area contributed by atoms with Crippen LogP contribution in [0, 0.1) is 13.8 Å². The molecule has 0 aromatic carbocycles. The number of nitrogens with zero attached hydrogens (tertiary/aromatic N) is 5. The summed E-state index contributed by atoms with van der Waals surface area (Å²) in [5.41, 5.74) is 3.30. The van der Waals surface area contributed by atoms with Crippen molar-refractivity contribution in [2.75, 3.05) is 5.75 Å². The lowest BCUT2D eigenvalue weighted by molar-refractivity contribution is -0.139. The Morgan fingerprint density at radius 3 is 2.75 bits per heavy atom. The maximum atomic E-state index is 12.7. The predicted molar refractivity (Wildman–Crippen MR) is 100 cm³/mol. The number of rotatable bonds is 4. The maximum Gasteiger partial charge on any atom is 0.344 e. The summed E-state index contributed by atoms with van der Waals surface area (Å²) >= 11 is 1.17. The van der Waals surface area contributed by atoms with E-state index in [1.54, 1.807) is 4.40 Å². The third-order valence-corrected chi connectivity index (χ3v) is 6.03. The van der Waals surface area contributed by atoms with Gasteiger partial charge in [-0.3, -0.25) is 19.4 Å². The van der Waals surface area contributed by atoms with Crippen LogP contribution >= 0.6 is 11.8 Å². The average Bonchev–Trinajstić information content (AvgIpc) is 3.15. The molecule has 2 fully saturated rings. The highest BCUT2D eigenvalue weighted by molar-refractivity contribution is 7.99. The Morgan fingerprint density at radius 1 is 1.25 bits per heavy atom. The number of aromatic nitrogens is 4. The number of amides is 4. The highest BCUT2D eigenvalue weighted by Crippen LogP contribution is 2.33. The molecule has 1 aliphatic heterocycles. The Kier molecular flexibility index (Phi) is 4.69. The molecule has 4 rings (SSSR count). The molecule has 3 heterocycles. The first-order valence-electron chi connectivity index (χ1n) is 9.18. The van der Waals surface area contributed by atoms with Crippen LogP contribution in [0.4, 0.5) is 4.79 Å². The summed E-state index contributed by atoms with van der Waals surface area (Å²) in [6.45, 7) is 3.78. The van der Waals surface area contributed by atoms with Crippen LogP contribution in [0.3, 0.4) is 0 Å². The van der Waals surface area contributed by atoms with E-state index in [4.69, 9.17) is 0 Å². The molecular formula is C17H21N7O3S. The topological polar surface area (TPSA) is 122 Å². The van der Waals surface area contributed by atoms with Crippen molar-refractivity contribution in [2.24, 2.45) is 0 Å². The molecule has 1 spiro atoms. The summed E-state index contributed by atoms with van der Waals surface area (Å²) in [6, 6.07) is 1.32. The molecule has 4 amide bonds. The van der Waals surface area contributed by atoms with Gasteiger partial charge < -0.3 is 5.32 Å². The van der Waals surface area contributed by atoms with Crippen molar-refractivity contribution >= 4 is 35.4 Å². The Morgan fingerprint density at radius 2 is 2.00 bits per heavy atom. The van der Waals surface area contributed by atoms with E-state index in [1.807, 2.05) is 19.9 Å². The molecule has 148 valence electrons. The van der Waals surface area contributed by atoms with Crippen LogP contribution in [-0.4, -0.2) is 53.7 Å². The van der Waals surface area contributed by atoms with Gasteiger partial charge in [-0.25, -0.2) is 9.78 Å². The van der Waals surface area contributed by atoms with E-state index in [9.17, 15) is 14.4 Å². The molecule has 1 saturated carbocycles. The minimum absolute atomic E-state index is 0.0157. The van der Waals surface area contributed by atoms with Crippen molar-refractivity contribution in [2.45, 2.75) is 56.6 Å². The third kappa shape index (κ3) is 3.19. The zero-order chi connectivity index (χ0) is 19.9. The number of thioether (sulfide) groups is 1. The Labute approximate surface area is 165 Å². The first kappa shape index (κ1) is 18.7. The van der Waals surface area contributed by atoms with Crippen molar-refractivity contribution < 1.29 is 14.4 Å². The number of carbonyl (C=O) groups excluding carboxylic acids is 3. The lowest BCUT2D eigenvalue weighted by atomic mass is 9.82. The highest BCUT2D eigenvalue weighted by Gasteiger charge is 2.52. The molecule has 2 aliphatic rings. The minimum atomic E-state index is -0.862. The smallest absolute Gasteiger partial charge is 0.322 e. The first-order chi connectivity index (χ1) is 13.4. The molecule has 0 bridgehead atoms. The largest absolute Gasteiger partial charge is 0.344 e. The lowest BCUT2D eigenvalue weighted by Gasteiger charge is -2.30. The molecule has 0 unspecified atom stereocenters. The van der Waals surface area contributed by atoms with Gasteiger partial charge in [0.1, 0.15) is 5.54 Å².